The summed E-state index contributed by atoms with van der Waals surface area (Å²) in [5.41, 5.74) is 23.5. The van der Waals surface area contributed by atoms with E-state index in [2.05, 4.69) is 294 Å². The number of carbonyl (C=O) groups is 5. The Morgan fingerprint density at radius 2 is 0.860 bits per heavy atom. The minimum Gasteiger partial charge on any atom is -0.490 e. The van der Waals surface area contributed by atoms with Crippen LogP contribution in [0, 0.1) is 5.41 Å². The lowest BCUT2D eigenvalue weighted by atomic mass is 9.85. The van der Waals surface area contributed by atoms with Crippen LogP contribution < -0.4 is 36.7 Å². The summed E-state index contributed by atoms with van der Waals surface area (Å²) in [6.07, 6.45) is 11.5. The molecule has 0 saturated carbocycles. The molecule has 16 rings (SSSR count). The Morgan fingerprint density at radius 3 is 1.39 bits per heavy atom. The Labute approximate surface area is 772 Å². The molecule has 698 valence electrons. The Kier molecular flexibility index (Phi) is 34.7. The predicted octanol–water partition coefficient (Wildman–Crippen LogP) is 20.3. The molecule has 9 aromatic rings. The van der Waals surface area contributed by atoms with Gasteiger partial charge in [0, 0.05) is 139 Å². The van der Waals surface area contributed by atoms with Gasteiger partial charge in [-0.15, -0.1) is 0 Å². The van der Waals surface area contributed by atoms with Crippen LogP contribution in [0.3, 0.4) is 0 Å². The van der Waals surface area contributed by atoms with Crippen molar-refractivity contribution >= 4 is 40.8 Å². The molecule has 19 heteroatoms. The summed E-state index contributed by atoms with van der Waals surface area (Å²) < 4.78 is 16.2. The van der Waals surface area contributed by atoms with E-state index in [1.807, 2.05) is 92.8 Å². The zero-order valence-corrected chi connectivity index (χ0v) is 83.9. The van der Waals surface area contributed by atoms with Crippen LogP contribution in [0.15, 0.2) is 174 Å². The highest BCUT2D eigenvalue weighted by Crippen LogP contribution is 2.37. The minimum absolute atomic E-state index is 0.0560. The maximum Gasteiger partial charge on any atom is 0.251 e. The summed E-state index contributed by atoms with van der Waals surface area (Å²) in [4.78, 5) is 86.5. The lowest BCUT2D eigenvalue weighted by Gasteiger charge is -2.33. The van der Waals surface area contributed by atoms with Crippen LogP contribution in [0.4, 0.5) is 11.4 Å². The van der Waals surface area contributed by atoms with Crippen LogP contribution in [0.25, 0.3) is 0 Å². The highest BCUT2D eigenvalue weighted by Gasteiger charge is 2.32. The van der Waals surface area contributed by atoms with Crippen molar-refractivity contribution in [3.05, 3.63) is 280 Å². The van der Waals surface area contributed by atoms with Crippen LogP contribution in [-0.2, 0) is 128 Å². The molecule has 7 aliphatic rings. The number of amides is 4. The van der Waals surface area contributed by atoms with E-state index in [0.717, 1.165) is 123 Å². The number of hydrogen-bond acceptors (Lipinski definition) is 12. The molecular formula is C110H154N10O9. The highest BCUT2D eigenvalue weighted by atomic mass is 16.5. The third-order valence-electron chi connectivity index (χ3n) is 24.2. The molecule has 19 nitrogen and oxygen atoms in total. The number of carbonyl (C=O) groups excluding carboxylic acids is 5. The van der Waals surface area contributed by atoms with Crippen LogP contribution in [0.2, 0.25) is 0 Å². The van der Waals surface area contributed by atoms with Crippen molar-refractivity contribution in [1.82, 2.24) is 39.3 Å². The number of pyridine rings is 2. The molecule has 0 atom stereocenters. The molecule has 6 aromatic carbocycles. The van der Waals surface area contributed by atoms with E-state index in [9.17, 15) is 33.6 Å². The highest BCUT2D eigenvalue weighted by molar-refractivity contribution is 5.99. The van der Waals surface area contributed by atoms with E-state index in [-0.39, 0.29) is 83.5 Å². The van der Waals surface area contributed by atoms with Gasteiger partial charge in [0.05, 0.1) is 38.2 Å². The van der Waals surface area contributed by atoms with Crippen molar-refractivity contribution in [2.24, 2.45) is 19.5 Å². The Morgan fingerprint density at radius 1 is 0.403 bits per heavy atom. The van der Waals surface area contributed by atoms with Gasteiger partial charge >= 0.3 is 0 Å². The van der Waals surface area contributed by atoms with Gasteiger partial charge in [0.1, 0.15) is 18.1 Å². The van der Waals surface area contributed by atoms with Gasteiger partial charge in [0.15, 0.2) is 0 Å². The fraction of sp³-hybridized carbons (Fsp3) is 0.509. The van der Waals surface area contributed by atoms with Crippen molar-refractivity contribution < 1.29 is 33.4 Å². The van der Waals surface area contributed by atoms with Gasteiger partial charge in [-0.1, -0.05) is 272 Å². The average molecular weight is 1760 g/mol. The first-order valence-electron chi connectivity index (χ1n) is 46.2. The molecule has 4 amide bonds. The number of rotatable bonds is 3. The van der Waals surface area contributed by atoms with Gasteiger partial charge in [0.2, 0.25) is 11.8 Å². The first kappa shape index (κ1) is 104. The largest absolute Gasteiger partial charge is 0.490 e. The fourth-order valence-corrected chi connectivity index (χ4v) is 15.1. The molecule has 3 N–H and O–H groups in total. The van der Waals surface area contributed by atoms with E-state index < -0.39 is 0 Å². The number of Topliss-reactive ketones (excluding diaryl/α,β-unsaturated/α-hetero) is 1. The Hall–Kier alpha value is -10.5. The molecular weight excluding hydrogens is 1610 g/mol. The SMILES string of the molecule is CC(C)(C)C(=O)N1CCc2ccccc2C1.CC(C)(C)c1ccc2c(c1)C(=O)NC2.CC(C)(C)c1ccc2c(c1)CC(=O)C2.CC(C)(C)c1ccc2c(c1)CCC(=O)N2.CC(C)(C)c1ccc2c(c1)CNC2=O.CC(C)(C)c1cnn(CCN2CCOCC2)c1.CN1CCOc2cc(C(C)(C)C)ccc21.Cn1ccc(C(C)(C)C)cc1=O.Cn1ccc(C(C)(C)C)cc1=O. The molecule has 129 heavy (non-hydrogen) atoms. The molecule has 6 aliphatic heterocycles. The zero-order valence-electron chi connectivity index (χ0n) is 83.9. The maximum absolute atomic E-state index is 12.2. The quantitative estimate of drug-likeness (QED) is 0.151. The monoisotopic (exact) mass is 1760 g/mol. The second-order valence-corrected chi connectivity index (χ2v) is 44.5. The maximum atomic E-state index is 12.2. The normalized spacial score (nSPS) is 15.3. The summed E-state index contributed by atoms with van der Waals surface area (Å²) in [7, 11) is 5.63. The van der Waals surface area contributed by atoms with Crippen LogP contribution in [0.1, 0.15) is 298 Å². The number of aromatic nitrogens is 4. The lowest BCUT2D eigenvalue weighted by Crippen LogP contribution is -2.42. The summed E-state index contributed by atoms with van der Waals surface area (Å²) >= 11 is 0. The first-order chi connectivity index (χ1) is 59.7. The number of likely N-dealkylation sites (N-methyl/N-ethyl adjacent to an activating group) is 1. The molecule has 0 radical (unpaired) electrons. The van der Waals surface area contributed by atoms with Crippen LogP contribution >= 0.6 is 0 Å². The molecule has 1 aliphatic carbocycles. The van der Waals surface area contributed by atoms with Crippen LogP contribution in [-0.4, -0.2) is 118 Å². The number of nitrogens with zero attached hydrogens (tertiary/aromatic N) is 7. The van der Waals surface area contributed by atoms with Crippen molar-refractivity contribution in [1.29, 1.82) is 0 Å². The second kappa shape index (κ2) is 43.0. The zero-order chi connectivity index (χ0) is 95.9. The van der Waals surface area contributed by atoms with Crippen molar-refractivity contribution in [2.45, 2.75) is 289 Å². The molecule has 1 saturated heterocycles. The lowest BCUT2D eigenvalue weighted by molar-refractivity contribution is -0.140. The van der Waals surface area contributed by atoms with E-state index in [4.69, 9.17) is 9.47 Å². The van der Waals surface area contributed by atoms with E-state index in [1.165, 1.54) is 66.9 Å². The topological polar surface area (TPSA) is 211 Å². The molecule has 9 heterocycles. The summed E-state index contributed by atoms with van der Waals surface area (Å²) in [5.74, 6) is 1.88. The first-order valence-corrected chi connectivity index (χ1v) is 46.2. The molecule has 0 spiro atoms. The van der Waals surface area contributed by atoms with Gasteiger partial charge in [-0.3, -0.25) is 43.1 Å². The minimum atomic E-state index is -0.272. The number of morpholine rings is 1. The molecule has 3 aromatic heterocycles. The Bertz CT molecular complexity index is 5410. The standard InChI is InChI=1S/C14H19NO.C13H23N3O.C13H19NO.C13H17NO.C13H16O.2C12H15NO.2C10H15NO/c1-14(2,3)13(16)15-9-8-11-6-4-5-7-12(11)10-15;1-13(2,3)12-10-14-16(11-12)5-4-15-6-8-17-9-7-15;1-13(2,3)10-5-6-11-12(9-10)15-8-7-14(11)4;1-13(2,3)10-5-6-11-9(8-10)4-7-12(15)14-11;1-13(2,3)11-5-4-9-7-12(14)8-10(9)6-11;1-12(2,3)9-4-5-10-8(6-9)7-13-11(10)14;1-12(2,3)9-5-4-8-7-13-11(14)10(8)6-9;2*1-10(2,3)8-5-6-11(4)9(12)7-8/h4-7H,8-10H2,1-3H3;10-11H,4-9H2,1-3H3;5-6,9H,7-8H2,1-4H3;5-6,8H,4,7H2,1-3H3,(H,14,15);4-6H,7-8H2,1-3H3;2*4-6H,7H2,1-3H3,(H,13,14);2*5-7H,1-4H3. The van der Waals surface area contributed by atoms with Gasteiger partial charge in [-0.25, -0.2) is 0 Å². The number of aryl methyl sites for hydroxylation is 3. The van der Waals surface area contributed by atoms with Gasteiger partial charge in [-0.2, -0.15) is 5.10 Å². The molecule has 0 bridgehead atoms. The van der Waals surface area contributed by atoms with E-state index >= 15 is 0 Å². The van der Waals surface area contributed by atoms with E-state index in [1.54, 1.807) is 35.4 Å². The number of fused-ring (bicyclic) bond motifs is 6. The van der Waals surface area contributed by atoms with Gasteiger partial charge in [-0.05, 0) is 182 Å². The van der Waals surface area contributed by atoms with Gasteiger partial charge in [0.25, 0.3) is 22.9 Å². The van der Waals surface area contributed by atoms with Crippen molar-refractivity contribution in [3.63, 3.8) is 0 Å². The molecule has 0 unspecified atom stereocenters. The number of hydrogen-bond donors (Lipinski definition) is 3. The number of benzene rings is 6. The van der Waals surface area contributed by atoms with Crippen molar-refractivity contribution in [2.75, 3.05) is 69.8 Å². The Balaban J connectivity index is 0.000000180. The third-order valence-corrected chi connectivity index (χ3v) is 24.2. The van der Waals surface area contributed by atoms with Gasteiger partial charge < -0.3 is 44.4 Å². The number of nitrogens with one attached hydrogen (secondary N) is 3. The second-order valence-electron chi connectivity index (χ2n) is 44.5. The molecule has 1 fully saturated rings. The average Bonchev–Trinajstić information content (AvgIpc) is 1.68. The smallest absolute Gasteiger partial charge is 0.251 e. The number of ether oxygens (including phenoxy) is 2. The van der Waals surface area contributed by atoms with E-state index in [0.29, 0.717) is 38.1 Å². The third kappa shape index (κ3) is 30.8. The summed E-state index contributed by atoms with van der Waals surface area (Å²) in [5, 5.41) is 13.0. The predicted molar refractivity (Wildman–Crippen MR) is 530 cm³/mol. The fourth-order valence-electron chi connectivity index (χ4n) is 15.1. The number of ketones is 1. The number of anilines is 2. The van der Waals surface area contributed by atoms with Crippen molar-refractivity contribution in [3.8, 4) is 5.75 Å². The summed E-state index contributed by atoms with van der Waals surface area (Å²) in [6, 6.07) is 47.4. The summed E-state index contributed by atoms with van der Waals surface area (Å²) in [6.45, 7) is 68.7. The van der Waals surface area contributed by atoms with Crippen LogP contribution in [0.5, 0.6) is 5.75 Å².